The number of hydrogen-bond acceptors (Lipinski definition) is 4. The molecule has 1 aliphatic rings. The number of halogens is 1. The van der Waals surface area contributed by atoms with Crippen molar-refractivity contribution in [1.82, 2.24) is 10.2 Å². The molecule has 0 aliphatic carbocycles. The van der Waals surface area contributed by atoms with Gasteiger partial charge in [-0.1, -0.05) is 35.9 Å². The fourth-order valence-electron chi connectivity index (χ4n) is 3.88. The van der Waals surface area contributed by atoms with E-state index < -0.39 is 12.0 Å². The summed E-state index contributed by atoms with van der Waals surface area (Å²) in [6.45, 7) is 10.2. The zero-order chi connectivity index (χ0) is 23.4. The lowest BCUT2D eigenvalue weighted by atomic mass is 9.94. The van der Waals surface area contributed by atoms with Crippen LogP contribution in [0, 0.1) is 20.8 Å². The molecule has 0 spiro atoms. The van der Waals surface area contributed by atoms with E-state index in [9.17, 15) is 9.59 Å². The average Bonchev–Trinajstić information content (AvgIpc) is 2.75. The van der Waals surface area contributed by atoms with Crippen molar-refractivity contribution in [1.29, 1.82) is 0 Å². The summed E-state index contributed by atoms with van der Waals surface area (Å²) < 4.78 is 11.5. The number of ether oxygens (including phenoxy) is 2. The van der Waals surface area contributed by atoms with Gasteiger partial charge in [0, 0.05) is 11.6 Å². The zero-order valence-electron chi connectivity index (χ0n) is 19.1. The highest BCUT2D eigenvalue weighted by molar-refractivity contribution is 6.31. The van der Waals surface area contributed by atoms with Gasteiger partial charge in [-0.3, -0.25) is 4.90 Å². The Morgan fingerprint density at radius 2 is 1.88 bits per heavy atom. The minimum absolute atomic E-state index is 0.0418. The van der Waals surface area contributed by atoms with Gasteiger partial charge in [0.15, 0.2) is 0 Å². The molecule has 0 saturated carbocycles. The van der Waals surface area contributed by atoms with Crippen LogP contribution in [0.2, 0.25) is 5.02 Å². The fourth-order valence-corrected chi connectivity index (χ4v) is 4.13. The molecule has 0 fully saturated rings. The molecule has 2 aromatic carbocycles. The van der Waals surface area contributed by atoms with E-state index in [1.807, 2.05) is 39.8 Å². The lowest BCUT2D eigenvalue weighted by Crippen LogP contribution is -2.49. The summed E-state index contributed by atoms with van der Waals surface area (Å²) in [5, 5.41) is 3.36. The largest absolute Gasteiger partial charge is 0.487 e. The molecule has 2 amide bonds. The Kier molecular flexibility index (Phi) is 7.46. The summed E-state index contributed by atoms with van der Waals surface area (Å²) in [4.78, 5) is 27.6. The Balaban J connectivity index is 2.12. The second-order valence-corrected chi connectivity index (χ2v) is 8.13. The molecule has 1 atom stereocenters. The van der Waals surface area contributed by atoms with Gasteiger partial charge < -0.3 is 14.8 Å². The van der Waals surface area contributed by atoms with E-state index in [4.69, 9.17) is 21.1 Å². The first-order valence-electron chi connectivity index (χ1n) is 10.7. The van der Waals surface area contributed by atoms with Crippen molar-refractivity contribution in [3.8, 4) is 5.75 Å². The predicted octanol–water partition coefficient (Wildman–Crippen LogP) is 5.25. The molecule has 1 heterocycles. The van der Waals surface area contributed by atoms with E-state index in [-0.39, 0.29) is 19.2 Å². The molecule has 0 aromatic heterocycles. The third kappa shape index (κ3) is 4.75. The first-order valence-corrected chi connectivity index (χ1v) is 11.1. The molecule has 7 heteroatoms. The highest BCUT2D eigenvalue weighted by Crippen LogP contribution is 2.35. The first-order chi connectivity index (χ1) is 15.3. The Morgan fingerprint density at radius 3 is 2.53 bits per heavy atom. The molecule has 0 saturated heterocycles. The number of hydrogen-bond donors (Lipinski definition) is 1. The van der Waals surface area contributed by atoms with Crippen LogP contribution in [0.3, 0.4) is 0 Å². The molecule has 0 bridgehead atoms. The van der Waals surface area contributed by atoms with Crippen molar-refractivity contribution < 1.29 is 19.1 Å². The van der Waals surface area contributed by atoms with Gasteiger partial charge in [0.05, 0.1) is 23.9 Å². The second kappa shape index (κ2) is 10.1. The van der Waals surface area contributed by atoms with Gasteiger partial charge >= 0.3 is 12.0 Å². The molecule has 1 N–H and O–H groups in total. The second-order valence-electron chi connectivity index (χ2n) is 7.72. The number of nitrogens with one attached hydrogen (secondary N) is 1. The number of likely N-dealkylation sites (N-methyl/N-ethyl adjacent to an activating group) is 1. The van der Waals surface area contributed by atoms with Crippen molar-refractivity contribution in [3.05, 3.63) is 74.9 Å². The van der Waals surface area contributed by atoms with Gasteiger partial charge in [-0.2, -0.15) is 0 Å². The fraction of sp³-hybridized carbons (Fsp3) is 0.360. The van der Waals surface area contributed by atoms with E-state index >= 15 is 0 Å². The van der Waals surface area contributed by atoms with Gasteiger partial charge in [0.25, 0.3) is 0 Å². The van der Waals surface area contributed by atoms with Crippen LogP contribution in [-0.2, 0) is 9.53 Å². The normalized spacial score (nSPS) is 16.1. The van der Waals surface area contributed by atoms with Crippen LogP contribution in [0.15, 0.2) is 47.7 Å². The zero-order valence-corrected chi connectivity index (χ0v) is 19.9. The van der Waals surface area contributed by atoms with Crippen molar-refractivity contribution in [2.45, 2.75) is 40.7 Å². The summed E-state index contributed by atoms with van der Waals surface area (Å²) in [5.74, 6) is 0.209. The van der Waals surface area contributed by atoms with Crippen molar-refractivity contribution in [2.75, 3.05) is 19.8 Å². The SMILES string of the molecule is CCOC(=O)C1=C(COc2cc(C)cc(C)c2C)N(CC)C(=O)N[C@H]1c1ccccc1Cl. The van der Waals surface area contributed by atoms with E-state index in [1.165, 1.54) is 4.90 Å². The Morgan fingerprint density at radius 1 is 1.16 bits per heavy atom. The van der Waals surface area contributed by atoms with Gasteiger partial charge in [-0.15, -0.1) is 0 Å². The third-order valence-corrected chi connectivity index (χ3v) is 5.94. The van der Waals surface area contributed by atoms with Crippen LogP contribution in [0.4, 0.5) is 4.79 Å². The van der Waals surface area contributed by atoms with Crippen molar-refractivity contribution in [3.63, 3.8) is 0 Å². The van der Waals surface area contributed by atoms with Crippen LogP contribution < -0.4 is 10.1 Å². The van der Waals surface area contributed by atoms with Crippen molar-refractivity contribution in [2.24, 2.45) is 0 Å². The number of rotatable bonds is 7. The summed E-state index contributed by atoms with van der Waals surface area (Å²) in [6.07, 6.45) is 0. The standard InChI is InChI=1S/C25H29ClN2O4/c1-6-28-20(14-32-21-13-15(3)12-16(4)17(21)5)22(24(29)31-7-2)23(27-25(28)30)18-10-8-9-11-19(18)26/h8-13,23H,6-7,14H2,1-5H3,(H,27,30)/t23-/m0/s1. The van der Waals surface area contributed by atoms with E-state index in [1.54, 1.807) is 25.1 Å². The lowest BCUT2D eigenvalue weighted by molar-refractivity contribution is -0.139. The number of benzene rings is 2. The number of aryl methyl sites for hydroxylation is 2. The maximum Gasteiger partial charge on any atom is 0.338 e. The highest BCUT2D eigenvalue weighted by Gasteiger charge is 2.38. The van der Waals surface area contributed by atoms with Crippen LogP contribution in [0.1, 0.15) is 42.1 Å². The Bertz CT molecular complexity index is 1060. The number of nitrogens with zero attached hydrogens (tertiary/aromatic N) is 1. The molecule has 2 aromatic rings. The maximum absolute atomic E-state index is 13.1. The molecule has 0 unspecified atom stereocenters. The number of carbonyl (C=O) groups excluding carboxylic acids is 2. The monoisotopic (exact) mass is 456 g/mol. The summed E-state index contributed by atoms with van der Waals surface area (Å²) >= 11 is 6.43. The molecule has 170 valence electrons. The molecular formula is C25H29ClN2O4. The number of amides is 2. The topological polar surface area (TPSA) is 67.9 Å². The average molecular weight is 457 g/mol. The number of carbonyl (C=O) groups is 2. The summed E-state index contributed by atoms with van der Waals surface area (Å²) in [6, 6.07) is 10.1. The number of urea groups is 1. The van der Waals surface area contributed by atoms with E-state index in [2.05, 4.69) is 11.4 Å². The third-order valence-electron chi connectivity index (χ3n) is 5.59. The molecule has 6 nitrogen and oxygen atoms in total. The van der Waals surface area contributed by atoms with E-state index in [0.29, 0.717) is 28.4 Å². The molecule has 0 radical (unpaired) electrons. The van der Waals surface area contributed by atoms with E-state index in [0.717, 1.165) is 22.4 Å². The Hall–Kier alpha value is -2.99. The predicted molar refractivity (Wildman–Crippen MR) is 125 cm³/mol. The van der Waals surface area contributed by atoms with Crippen LogP contribution in [0.5, 0.6) is 5.75 Å². The number of esters is 1. The summed E-state index contributed by atoms with van der Waals surface area (Å²) in [7, 11) is 0. The van der Waals surface area contributed by atoms with Gasteiger partial charge in [-0.05, 0) is 69.0 Å². The van der Waals surface area contributed by atoms with Crippen LogP contribution in [0.25, 0.3) is 0 Å². The molecule has 1 aliphatic heterocycles. The molecule has 3 rings (SSSR count). The van der Waals surface area contributed by atoms with Gasteiger partial charge in [0.2, 0.25) is 0 Å². The smallest absolute Gasteiger partial charge is 0.338 e. The first kappa shape index (κ1) is 23.7. The lowest BCUT2D eigenvalue weighted by Gasteiger charge is -2.36. The van der Waals surface area contributed by atoms with Crippen LogP contribution >= 0.6 is 11.6 Å². The van der Waals surface area contributed by atoms with Crippen LogP contribution in [-0.4, -0.2) is 36.7 Å². The molecule has 32 heavy (non-hydrogen) atoms. The van der Waals surface area contributed by atoms with Crippen molar-refractivity contribution >= 4 is 23.6 Å². The minimum atomic E-state index is -0.739. The Labute approximate surface area is 194 Å². The highest BCUT2D eigenvalue weighted by atomic mass is 35.5. The van der Waals surface area contributed by atoms with Gasteiger partial charge in [0.1, 0.15) is 12.4 Å². The quantitative estimate of drug-likeness (QED) is 0.578. The molecular weight excluding hydrogens is 428 g/mol. The minimum Gasteiger partial charge on any atom is -0.487 e. The van der Waals surface area contributed by atoms with Gasteiger partial charge in [-0.25, -0.2) is 9.59 Å². The maximum atomic E-state index is 13.1. The summed E-state index contributed by atoms with van der Waals surface area (Å²) in [5.41, 5.74) is 4.62.